The average molecular weight is 171 g/mol. The third kappa shape index (κ3) is 1.55. The fourth-order valence-electron chi connectivity index (χ4n) is 1.67. The van der Waals surface area contributed by atoms with Gasteiger partial charge in [-0.1, -0.05) is 31.2 Å². The van der Waals surface area contributed by atoms with Crippen LogP contribution in [0, 0.1) is 5.92 Å². The van der Waals surface area contributed by atoms with Crippen LogP contribution in [0.5, 0.6) is 0 Å². The highest BCUT2D eigenvalue weighted by Gasteiger charge is 2.07. The third-order valence-electron chi connectivity index (χ3n) is 2.30. The molecule has 13 heavy (non-hydrogen) atoms. The lowest BCUT2D eigenvalue weighted by Crippen LogP contribution is -1.88. The van der Waals surface area contributed by atoms with Crippen molar-refractivity contribution in [2.45, 2.75) is 13.8 Å². The molecule has 1 aromatic rings. The van der Waals surface area contributed by atoms with E-state index < -0.39 is 0 Å². The normalized spacial score (nSPS) is 20.5. The Labute approximate surface area is 78.8 Å². The summed E-state index contributed by atoms with van der Waals surface area (Å²) in [6.45, 7) is 4.31. The predicted molar refractivity (Wildman–Crippen MR) is 56.1 cm³/mol. The van der Waals surface area contributed by atoms with E-state index in [4.69, 9.17) is 0 Å². The van der Waals surface area contributed by atoms with Crippen LogP contribution in [-0.4, -0.2) is 4.98 Å². The number of hydrogen-bond donors (Lipinski definition) is 0. The van der Waals surface area contributed by atoms with Crippen molar-refractivity contribution in [2.75, 3.05) is 0 Å². The van der Waals surface area contributed by atoms with Crippen molar-refractivity contribution in [3.8, 4) is 0 Å². The molecule has 1 aliphatic rings. The van der Waals surface area contributed by atoms with Crippen LogP contribution in [0.25, 0.3) is 11.6 Å². The maximum atomic E-state index is 4.38. The van der Waals surface area contributed by atoms with Gasteiger partial charge in [-0.2, -0.15) is 0 Å². The second-order valence-corrected chi connectivity index (χ2v) is 3.51. The maximum Gasteiger partial charge on any atom is 0.0727 e. The zero-order valence-corrected chi connectivity index (χ0v) is 7.99. The number of hydrogen-bond acceptors (Lipinski definition) is 1. The van der Waals surface area contributed by atoms with Crippen molar-refractivity contribution in [1.82, 2.24) is 4.98 Å². The van der Waals surface area contributed by atoms with Gasteiger partial charge >= 0.3 is 0 Å². The summed E-state index contributed by atoms with van der Waals surface area (Å²) < 4.78 is 0. The number of nitrogens with zero attached hydrogens (tertiary/aromatic N) is 1. The van der Waals surface area contributed by atoms with Gasteiger partial charge in [0.15, 0.2) is 0 Å². The molecule has 1 aliphatic carbocycles. The van der Waals surface area contributed by atoms with Crippen LogP contribution < -0.4 is 0 Å². The Bertz CT molecular complexity index is 374. The average Bonchev–Trinajstić information content (AvgIpc) is 2.27. The number of rotatable bonds is 0. The second-order valence-electron chi connectivity index (χ2n) is 3.51. The number of allylic oxidation sites excluding steroid dienone is 3. The van der Waals surface area contributed by atoms with E-state index in [0.717, 1.165) is 5.69 Å². The molecule has 0 saturated carbocycles. The number of pyridine rings is 1. The quantitative estimate of drug-likeness (QED) is 0.584. The maximum absolute atomic E-state index is 4.38. The molecule has 66 valence electrons. The molecule has 1 atom stereocenters. The first kappa shape index (κ1) is 8.24. The van der Waals surface area contributed by atoms with Crippen LogP contribution >= 0.6 is 0 Å². The van der Waals surface area contributed by atoms with E-state index in [9.17, 15) is 0 Å². The highest BCUT2D eigenvalue weighted by molar-refractivity contribution is 5.72. The monoisotopic (exact) mass is 171 g/mol. The van der Waals surface area contributed by atoms with E-state index in [-0.39, 0.29) is 0 Å². The van der Waals surface area contributed by atoms with Crippen LogP contribution in [0.15, 0.2) is 30.5 Å². The van der Waals surface area contributed by atoms with Crippen LogP contribution in [-0.2, 0) is 0 Å². The van der Waals surface area contributed by atoms with Gasteiger partial charge in [-0.25, -0.2) is 0 Å². The van der Waals surface area contributed by atoms with Gasteiger partial charge in [0, 0.05) is 11.8 Å². The second kappa shape index (κ2) is 3.17. The fraction of sp³-hybridized carbons (Fsp3) is 0.250. The summed E-state index contributed by atoms with van der Waals surface area (Å²) in [6, 6.07) is 4.08. The van der Waals surface area contributed by atoms with Gasteiger partial charge in [0.05, 0.1) is 5.69 Å². The minimum Gasteiger partial charge on any atom is -0.256 e. The zero-order chi connectivity index (χ0) is 9.26. The van der Waals surface area contributed by atoms with E-state index in [0.29, 0.717) is 5.92 Å². The first-order valence-electron chi connectivity index (χ1n) is 4.59. The Kier molecular flexibility index (Phi) is 2.01. The zero-order valence-electron chi connectivity index (χ0n) is 7.99. The Morgan fingerprint density at radius 2 is 2.23 bits per heavy atom. The minimum atomic E-state index is 0.509. The summed E-state index contributed by atoms with van der Waals surface area (Å²) in [5, 5.41) is 0. The summed E-state index contributed by atoms with van der Waals surface area (Å²) in [6.07, 6.45) is 8.45. The molecule has 0 fully saturated rings. The van der Waals surface area contributed by atoms with Crippen LogP contribution in [0.2, 0.25) is 0 Å². The standard InChI is InChI=1S/C12H13N/c1-9-5-6-11-4-3-7-13-12(11)10(2)8-9/h3-9H,1-2H3. The molecule has 1 heterocycles. The molecule has 0 N–H and O–H groups in total. The van der Waals surface area contributed by atoms with Crippen LogP contribution in [0.4, 0.5) is 0 Å². The lowest BCUT2D eigenvalue weighted by Gasteiger charge is -2.02. The van der Waals surface area contributed by atoms with Gasteiger partial charge in [-0.15, -0.1) is 0 Å². The summed E-state index contributed by atoms with van der Waals surface area (Å²) >= 11 is 0. The molecule has 0 saturated heterocycles. The van der Waals surface area contributed by atoms with Crippen molar-refractivity contribution in [1.29, 1.82) is 0 Å². The molecule has 0 bridgehead atoms. The van der Waals surface area contributed by atoms with Crippen molar-refractivity contribution >= 4 is 11.6 Å². The first-order chi connectivity index (χ1) is 6.27. The van der Waals surface area contributed by atoms with Gasteiger partial charge in [0.25, 0.3) is 0 Å². The lowest BCUT2D eigenvalue weighted by molar-refractivity contribution is 0.949. The molecule has 0 amide bonds. The molecule has 0 aromatic carbocycles. The smallest absolute Gasteiger partial charge is 0.0727 e. The Morgan fingerprint density at radius 3 is 3.08 bits per heavy atom. The van der Waals surface area contributed by atoms with Gasteiger partial charge < -0.3 is 0 Å². The highest BCUT2D eigenvalue weighted by atomic mass is 14.7. The van der Waals surface area contributed by atoms with Crippen molar-refractivity contribution in [2.24, 2.45) is 5.92 Å². The summed E-state index contributed by atoms with van der Waals surface area (Å²) in [5.74, 6) is 0.509. The summed E-state index contributed by atoms with van der Waals surface area (Å²) in [4.78, 5) is 4.38. The first-order valence-corrected chi connectivity index (χ1v) is 4.59. The van der Waals surface area contributed by atoms with Crippen molar-refractivity contribution < 1.29 is 0 Å². The molecule has 1 nitrogen and oxygen atoms in total. The molecule has 0 aliphatic heterocycles. The Hall–Kier alpha value is -1.37. The molecule has 0 spiro atoms. The number of fused-ring (bicyclic) bond motifs is 1. The molecule has 1 aromatic heterocycles. The summed E-state index contributed by atoms with van der Waals surface area (Å²) in [7, 11) is 0. The molecule has 2 rings (SSSR count). The van der Waals surface area contributed by atoms with Crippen molar-refractivity contribution in [3.63, 3.8) is 0 Å². The summed E-state index contributed by atoms with van der Waals surface area (Å²) in [5.41, 5.74) is 3.61. The lowest BCUT2D eigenvalue weighted by atomic mass is 10.1. The Morgan fingerprint density at radius 1 is 1.38 bits per heavy atom. The molecular weight excluding hydrogens is 158 g/mol. The van der Waals surface area contributed by atoms with Crippen LogP contribution in [0.1, 0.15) is 25.1 Å². The van der Waals surface area contributed by atoms with Gasteiger partial charge in [-0.3, -0.25) is 4.98 Å². The van der Waals surface area contributed by atoms with E-state index in [1.807, 2.05) is 12.3 Å². The SMILES string of the molecule is CC1=CC(C)C=Cc2cccnc21. The van der Waals surface area contributed by atoms with Crippen LogP contribution in [0.3, 0.4) is 0 Å². The molecular formula is C12H13N. The topological polar surface area (TPSA) is 12.9 Å². The van der Waals surface area contributed by atoms with Gasteiger partial charge in [0.1, 0.15) is 0 Å². The largest absolute Gasteiger partial charge is 0.256 e. The molecule has 1 unspecified atom stereocenters. The van der Waals surface area contributed by atoms with E-state index in [1.165, 1.54) is 11.1 Å². The third-order valence-corrected chi connectivity index (χ3v) is 2.30. The molecule has 1 heteroatoms. The number of aromatic nitrogens is 1. The van der Waals surface area contributed by atoms with Gasteiger partial charge in [0.2, 0.25) is 0 Å². The Balaban J connectivity index is 2.59. The fourth-order valence-corrected chi connectivity index (χ4v) is 1.67. The van der Waals surface area contributed by atoms with Crippen molar-refractivity contribution in [3.05, 3.63) is 41.7 Å². The minimum absolute atomic E-state index is 0.509. The highest BCUT2D eigenvalue weighted by Crippen LogP contribution is 2.23. The van der Waals surface area contributed by atoms with E-state index >= 15 is 0 Å². The molecule has 0 radical (unpaired) electrons. The predicted octanol–water partition coefficient (Wildman–Crippen LogP) is 3.15. The van der Waals surface area contributed by atoms with E-state index in [1.54, 1.807) is 0 Å². The van der Waals surface area contributed by atoms with E-state index in [2.05, 4.69) is 43.1 Å². The van der Waals surface area contributed by atoms with Gasteiger partial charge in [-0.05, 0) is 24.5 Å².